The van der Waals surface area contributed by atoms with E-state index >= 15 is 0 Å². The summed E-state index contributed by atoms with van der Waals surface area (Å²) in [6.07, 6.45) is 1.63. The number of nitrogens with zero attached hydrogens (tertiary/aromatic N) is 1. The molecule has 21 heavy (non-hydrogen) atoms. The summed E-state index contributed by atoms with van der Waals surface area (Å²) in [6.45, 7) is 0. The molecule has 2 aromatic carbocycles. The van der Waals surface area contributed by atoms with E-state index in [4.69, 9.17) is 34.3 Å². The maximum Gasteiger partial charge on any atom is 0.229 e. The number of nitrogens with two attached hydrogens (primary N) is 1. The Labute approximate surface area is 132 Å². The first-order valence-corrected chi connectivity index (χ1v) is 7.05. The maximum atomic E-state index is 6.20. The summed E-state index contributed by atoms with van der Waals surface area (Å²) in [5, 5.41) is 2.50. The molecule has 104 valence electrons. The molecule has 0 saturated heterocycles. The van der Waals surface area contributed by atoms with Crippen LogP contribution in [-0.4, -0.2) is 9.97 Å². The first-order valence-electron chi connectivity index (χ1n) is 6.27. The van der Waals surface area contributed by atoms with Gasteiger partial charge < -0.3 is 10.5 Å². The Balaban J connectivity index is 2.11. The molecule has 0 atom stereocenters. The fourth-order valence-electron chi connectivity index (χ4n) is 2.09. The lowest BCUT2D eigenvalue weighted by Gasteiger charge is -2.11. The molecular weight excluding hydrogens is 304 g/mol. The third-order valence-corrected chi connectivity index (χ3v) is 3.62. The second-order valence-corrected chi connectivity index (χ2v) is 5.26. The summed E-state index contributed by atoms with van der Waals surface area (Å²) in [6, 6.07) is 14.9. The van der Waals surface area contributed by atoms with Gasteiger partial charge in [0.2, 0.25) is 5.88 Å². The molecule has 0 aliphatic carbocycles. The highest BCUT2D eigenvalue weighted by atomic mass is 35.5. The van der Waals surface area contributed by atoms with Crippen molar-refractivity contribution in [1.82, 2.24) is 4.98 Å². The molecule has 0 unspecified atom stereocenters. The van der Waals surface area contributed by atoms with Gasteiger partial charge in [-0.25, -0.2) is 4.98 Å². The Kier molecular flexibility index (Phi) is 3.73. The van der Waals surface area contributed by atoms with E-state index in [0.29, 0.717) is 22.2 Å². The van der Waals surface area contributed by atoms with Crippen LogP contribution in [0, 0.1) is 0 Å². The number of benzene rings is 2. The lowest BCUT2D eigenvalue weighted by atomic mass is 10.1. The van der Waals surface area contributed by atoms with Gasteiger partial charge in [0.1, 0.15) is 10.7 Å². The number of rotatable bonds is 3. The van der Waals surface area contributed by atoms with Crippen LogP contribution in [0.5, 0.6) is 11.6 Å². The van der Waals surface area contributed by atoms with E-state index in [9.17, 15) is 0 Å². The third-order valence-electron chi connectivity index (χ3n) is 3.07. The Morgan fingerprint density at radius 3 is 2.57 bits per heavy atom. The van der Waals surface area contributed by atoms with Crippen molar-refractivity contribution >= 4 is 39.6 Å². The zero-order valence-corrected chi connectivity index (χ0v) is 12.5. The molecule has 0 aliphatic heterocycles. The second kappa shape index (κ2) is 5.68. The molecular formula is C16H11ClN2OS. The van der Waals surface area contributed by atoms with E-state index in [2.05, 4.69) is 4.98 Å². The van der Waals surface area contributed by atoms with Crippen LogP contribution >= 0.6 is 23.8 Å². The summed E-state index contributed by atoms with van der Waals surface area (Å²) in [5.41, 5.74) is 6.30. The zero-order valence-electron chi connectivity index (χ0n) is 10.9. The predicted octanol–water partition coefficient (Wildman–Crippen LogP) is 4.31. The van der Waals surface area contributed by atoms with Crippen LogP contribution in [0.2, 0.25) is 5.02 Å². The molecule has 0 bridgehead atoms. The number of ether oxygens (including phenoxy) is 1. The Morgan fingerprint density at radius 1 is 1.05 bits per heavy atom. The Hall–Kier alpha value is -2.17. The van der Waals surface area contributed by atoms with Gasteiger partial charge in [-0.2, -0.15) is 0 Å². The Morgan fingerprint density at radius 2 is 1.81 bits per heavy atom. The molecule has 2 N–H and O–H groups in total. The number of halogens is 1. The van der Waals surface area contributed by atoms with E-state index < -0.39 is 0 Å². The molecule has 0 fully saturated rings. The van der Waals surface area contributed by atoms with Gasteiger partial charge in [0.15, 0.2) is 0 Å². The number of hydrogen-bond acceptors (Lipinski definition) is 3. The van der Waals surface area contributed by atoms with Crippen LogP contribution in [-0.2, 0) is 0 Å². The first kappa shape index (κ1) is 13.8. The highest BCUT2D eigenvalue weighted by Gasteiger charge is 2.11. The molecule has 3 rings (SSSR count). The van der Waals surface area contributed by atoms with Gasteiger partial charge in [-0.3, -0.25) is 0 Å². The highest BCUT2D eigenvalue weighted by Crippen LogP contribution is 2.34. The van der Waals surface area contributed by atoms with Gasteiger partial charge in [0.05, 0.1) is 5.56 Å². The summed E-state index contributed by atoms with van der Waals surface area (Å²) >= 11 is 11.2. The monoisotopic (exact) mass is 314 g/mol. The standard InChI is InChI=1S/C16H11ClN2OS/c17-13-7-8-14(11-5-2-1-4-10(11)13)20-16-12(15(18)21)6-3-9-19-16/h1-9H,(H2,18,21). The van der Waals surface area contributed by atoms with Crippen molar-refractivity contribution in [3.63, 3.8) is 0 Å². The summed E-state index contributed by atoms with van der Waals surface area (Å²) in [4.78, 5) is 4.45. The van der Waals surface area contributed by atoms with Gasteiger partial charge in [0, 0.05) is 22.0 Å². The van der Waals surface area contributed by atoms with Crippen molar-refractivity contribution in [2.24, 2.45) is 5.73 Å². The highest BCUT2D eigenvalue weighted by molar-refractivity contribution is 7.80. The van der Waals surface area contributed by atoms with Gasteiger partial charge in [-0.1, -0.05) is 48.1 Å². The van der Waals surface area contributed by atoms with Gasteiger partial charge in [0.25, 0.3) is 0 Å². The van der Waals surface area contributed by atoms with Crippen LogP contribution in [0.4, 0.5) is 0 Å². The van der Waals surface area contributed by atoms with E-state index in [1.807, 2.05) is 30.3 Å². The van der Waals surface area contributed by atoms with Crippen LogP contribution in [0.1, 0.15) is 5.56 Å². The maximum absolute atomic E-state index is 6.20. The zero-order chi connectivity index (χ0) is 14.8. The number of hydrogen-bond donors (Lipinski definition) is 1. The molecule has 1 heterocycles. The van der Waals surface area contributed by atoms with E-state index in [1.54, 1.807) is 24.4 Å². The molecule has 0 aliphatic rings. The van der Waals surface area contributed by atoms with Crippen molar-refractivity contribution in [2.75, 3.05) is 0 Å². The van der Waals surface area contributed by atoms with Crippen molar-refractivity contribution in [1.29, 1.82) is 0 Å². The molecule has 3 nitrogen and oxygen atoms in total. The van der Waals surface area contributed by atoms with Gasteiger partial charge in [-0.15, -0.1) is 0 Å². The minimum atomic E-state index is 0.247. The van der Waals surface area contributed by atoms with Crippen molar-refractivity contribution < 1.29 is 4.74 Å². The molecule has 0 spiro atoms. The predicted molar refractivity (Wildman–Crippen MR) is 89.2 cm³/mol. The molecule has 1 aromatic heterocycles. The SMILES string of the molecule is NC(=S)c1cccnc1Oc1ccc(Cl)c2ccccc12. The second-order valence-electron chi connectivity index (χ2n) is 4.41. The normalized spacial score (nSPS) is 10.5. The topological polar surface area (TPSA) is 48.1 Å². The molecule has 0 amide bonds. The molecule has 0 radical (unpaired) electrons. The molecule has 5 heteroatoms. The summed E-state index contributed by atoms with van der Waals surface area (Å²) in [7, 11) is 0. The van der Waals surface area contributed by atoms with Crippen LogP contribution in [0.25, 0.3) is 10.8 Å². The molecule has 3 aromatic rings. The Bertz CT molecular complexity index is 835. The van der Waals surface area contributed by atoms with Crippen LogP contribution in [0.15, 0.2) is 54.7 Å². The summed E-state index contributed by atoms with van der Waals surface area (Å²) in [5.74, 6) is 1.05. The quantitative estimate of drug-likeness (QED) is 0.732. The van der Waals surface area contributed by atoms with Crippen molar-refractivity contribution in [2.45, 2.75) is 0 Å². The average molecular weight is 315 g/mol. The van der Waals surface area contributed by atoms with Gasteiger partial charge >= 0.3 is 0 Å². The smallest absolute Gasteiger partial charge is 0.229 e. The largest absolute Gasteiger partial charge is 0.438 e. The van der Waals surface area contributed by atoms with Crippen molar-refractivity contribution in [3.05, 3.63) is 65.3 Å². The lowest BCUT2D eigenvalue weighted by Crippen LogP contribution is -2.11. The fraction of sp³-hybridized carbons (Fsp3) is 0. The fourth-order valence-corrected chi connectivity index (χ4v) is 2.47. The van der Waals surface area contributed by atoms with E-state index in [-0.39, 0.29) is 4.99 Å². The average Bonchev–Trinajstić information content (AvgIpc) is 2.51. The number of pyridine rings is 1. The minimum Gasteiger partial charge on any atom is -0.438 e. The third kappa shape index (κ3) is 2.68. The van der Waals surface area contributed by atoms with Crippen LogP contribution in [0.3, 0.4) is 0 Å². The first-order chi connectivity index (χ1) is 10.2. The van der Waals surface area contributed by atoms with Crippen molar-refractivity contribution in [3.8, 4) is 11.6 Å². The number of aromatic nitrogens is 1. The number of thiocarbonyl (C=S) groups is 1. The van der Waals surface area contributed by atoms with E-state index in [1.165, 1.54) is 0 Å². The molecule has 0 saturated carbocycles. The van der Waals surface area contributed by atoms with Crippen LogP contribution < -0.4 is 10.5 Å². The summed E-state index contributed by atoms with van der Waals surface area (Å²) < 4.78 is 5.90. The lowest BCUT2D eigenvalue weighted by molar-refractivity contribution is 0.467. The number of fused-ring (bicyclic) bond motifs is 1. The minimum absolute atomic E-state index is 0.247. The van der Waals surface area contributed by atoms with Gasteiger partial charge in [-0.05, 0) is 24.3 Å². The van der Waals surface area contributed by atoms with E-state index in [0.717, 1.165) is 10.8 Å².